The van der Waals surface area contributed by atoms with Gasteiger partial charge in [0.15, 0.2) is 0 Å². The summed E-state index contributed by atoms with van der Waals surface area (Å²) in [5.74, 6) is -1.77. The molecule has 25 heavy (non-hydrogen) atoms. The fourth-order valence-corrected chi connectivity index (χ4v) is 4.71. The van der Waals surface area contributed by atoms with Crippen molar-refractivity contribution in [1.82, 2.24) is 9.97 Å². The first-order valence-electron chi connectivity index (χ1n) is 8.21. The van der Waals surface area contributed by atoms with Crippen molar-refractivity contribution >= 4 is 33.4 Å². The number of aryl methyl sites for hydroxylation is 2. The maximum absolute atomic E-state index is 11.8. The van der Waals surface area contributed by atoms with Gasteiger partial charge >= 0.3 is 5.97 Å². The lowest BCUT2D eigenvalue weighted by molar-refractivity contribution is -0.121. The molecular formula is C16H20N4O4S. The molecule has 2 aromatic heterocycles. The third kappa shape index (κ3) is 3.42. The average Bonchev–Trinajstić information content (AvgIpc) is 3.22. The zero-order valence-corrected chi connectivity index (χ0v) is 14.4. The Labute approximate surface area is 147 Å². The molecule has 0 aromatic carbocycles. The van der Waals surface area contributed by atoms with E-state index in [1.165, 1.54) is 16.2 Å². The quantitative estimate of drug-likeness (QED) is 0.617. The molecule has 0 saturated heterocycles. The molecule has 1 saturated carbocycles. The molecule has 134 valence electrons. The van der Waals surface area contributed by atoms with Gasteiger partial charge in [-0.15, -0.1) is 11.3 Å². The third-order valence-corrected chi connectivity index (χ3v) is 5.90. The number of aromatic nitrogens is 2. The summed E-state index contributed by atoms with van der Waals surface area (Å²) in [7, 11) is 0. The highest BCUT2D eigenvalue weighted by Crippen LogP contribution is 2.34. The lowest BCUT2D eigenvalue weighted by atomic mass is 10.0. The minimum atomic E-state index is -1.20. The molecule has 2 heterocycles. The number of aromatic carboxylic acids is 1. The fourth-order valence-electron chi connectivity index (χ4n) is 3.45. The molecule has 8 nitrogen and oxygen atoms in total. The SMILES string of the molecule is NC(=O)[C@@H]1CCC[C@@H]1N.O=C(O)c1nc2sc3c(c2c(=O)[nH]1)CCC3. The molecule has 9 heteroatoms. The van der Waals surface area contributed by atoms with Crippen molar-refractivity contribution in [3.8, 4) is 0 Å². The molecule has 6 N–H and O–H groups in total. The van der Waals surface area contributed by atoms with Gasteiger partial charge in [0.05, 0.1) is 11.3 Å². The van der Waals surface area contributed by atoms with E-state index in [0.29, 0.717) is 10.2 Å². The summed E-state index contributed by atoms with van der Waals surface area (Å²) in [6, 6.07) is 0.0301. The number of carbonyl (C=O) groups is 2. The van der Waals surface area contributed by atoms with E-state index in [4.69, 9.17) is 16.6 Å². The van der Waals surface area contributed by atoms with Crippen molar-refractivity contribution in [1.29, 1.82) is 0 Å². The first-order chi connectivity index (χ1) is 11.9. The second kappa shape index (κ2) is 6.93. The van der Waals surface area contributed by atoms with Crippen molar-refractivity contribution in [3.63, 3.8) is 0 Å². The largest absolute Gasteiger partial charge is 0.475 e. The van der Waals surface area contributed by atoms with Gasteiger partial charge in [-0.05, 0) is 37.7 Å². The third-order valence-electron chi connectivity index (χ3n) is 4.71. The first kappa shape index (κ1) is 17.6. The first-order valence-corrected chi connectivity index (χ1v) is 9.03. The number of thiophene rings is 1. The van der Waals surface area contributed by atoms with Crippen LogP contribution in [0, 0.1) is 5.92 Å². The van der Waals surface area contributed by atoms with Crippen LogP contribution in [-0.4, -0.2) is 33.0 Å². The van der Waals surface area contributed by atoms with Crippen LogP contribution in [0.3, 0.4) is 0 Å². The van der Waals surface area contributed by atoms with Gasteiger partial charge in [0.25, 0.3) is 5.56 Å². The molecule has 0 aliphatic heterocycles. The minimum absolute atomic E-state index is 0.0301. The maximum Gasteiger partial charge on any atom is 0.372 e. The Morgan fingerprint density at radius 3 is 2.56 bits per heavy atom. The van der Waals surface area contributed by atoms with E-state index in [2.05, 4.69) is 9.97 Å². The van der Waals surface area contributed by atoms with Crippen LogP contribution in [0.5, 0.6) is 0 Å². The number of H-pyrrole nitrogens is 1. The van der Waals surface area contributed by atoms with Crippen LogP contribution in [0.25, 0.3) is 10.2 Å². The number of primary amides is 1. The van der Waals surface area contributed by atoms with E-state index in [-0.39, 0.29) is 29.3 Å². The molecule has 0 spiro atoms. The van der Waals surface area contributed by atoms with Crippen LogP contribution in [0.15, 0.2) is 4.79 Å². The van der Waals surface area contributed by atoms with E-state index >= 15 is 0 Å². The van der Waals surface area contributed by atoms with Crippen molar-refractivity contribution < 1.29 is 14.7 Å². The van der Waals surface area contributed by atoms with E-state index in [1.807, 2.05) is 0 Å². The molecular weight excluding hydrogens is 344 g/mol. The van der Waals surface area contributed by atoms with Crippen LogP contribution < -0.4 is 17.0 Å². The summed E-state index contributed by atoms with van der Waals surface area (Å²) in [6.45, 7) is 0. The van der Waals surface area contributed by atoms with E-state index in [9.17, 15) is 14.4 Å². The Hall–Kier alpha value is -2.26. The molecule has 2 atom stereocenters. The molecule has 2 aliphatic carbocycles. The number of aromatic amines is 1. The lowest BCUT2D eigenvalue weighted by Crippen LogP contribution is -2.34. The van der Waals surface area contributed by atoms with Crippen molar-refractivity contribution in [3.05, 3.63) is 26.6 Å². The molecule has 1 amide bonds. The van der Waals surface area contributed by atoms with Crippen LogP contribution in [-0.2, 0) is 17.6 Å². The summed E-state index contributed by atoms with van der Waals surface area (Å²) in [4.78, 5) is 41.1. The molecule has 0 unspecified atom stereocenters. The number of carbonyl (C=O) groups excluding carboxylic acids is 1. The minimum Gasteiger partial charge on any atom is -0.475 e. The molecule has 1 fully saturated rings. The Bertz CT molecular complexity index is 888. The number of carboxylic acid groups (broad SMARTS) is 1. The topological polar surface area (TPSA) is 152 Å². The van der Waals surface area contributed by atoms with Gasteiger partial charge in [0, 0.05) is 10.9 Å². The molecule has 2 aliphatic rings. The maximum atomic E-state index is 11.8. The number of nitrogens with two attached hydrogens (primary N) is 2. The second-order valence-electron chi connectivity index (χ2n) is 6.36. The highest BCUT2D eigenvalue weighted by molar-refractivity contribution is 7.18. The van der Waals surface area contributed by atoms with E-state index in [0.717, 1.165) is 44.1 Å². The van der Waals surface area contributed by atoms with Crippen LogP contribution in [0.2, 0.25) is 0 Å². The summed E-state index contributed by atoms with van der Waals surface area (Å²) in [6.07, 6.45) is 5.82. The van der Waals surface area contributed by atoms with Crippen molar-refractivity contribution in [2.24, 2.45) is 17.4 Å². The van der Waals surface area contributed by atoms with Crippen molar-refractivity contribution in [2.75, 3.05) is 0 Å². The van der Waals surface area contributed by atoms with Crippen LogP contribution >= 0.6 is 11.3 Å². The monoisotopic (exact) mass is 364 g/mol. The van der Waals surface area contributed by atoms with E-state index < -0.39 is 5.97 Å². The Balaban J connectivity index is 0.000000173. The second-order valence-corrected chi connectivity index (χ2v) is 7.44. The van der Waals surface area contributed by atoms with Gasteiger partial charge in [-0.25, -0.2) is 9.78 Å². The Morgan fingerprint density at radius 1 is 1.24 bits per heavy atom. The number of hydrogen-bond donors (Lipinski definition) is 4. The predicted octanol–water partition coefficient (Wildman–Crippen LogP) is 0.771. The number of carboxylic acids is 1. The molecule has 0 radical (unpaired) electrons. The average molecular weight is 364 g/mol. The number of rotatable bonds is 2. The van der Waals surface area contributed by atoms with Gasteiger partial charge < -0.3 is 21.6 Å². The molecule has 0 bridgehead atoms. The summed E-state index contributed by atoms with van der Waals surface area (Å²) in [5.41, 5.74) is 11.4. The zero-order chi connectivity index (χ0) is 18.1. The van der Waals surface area contributed by atoms with Crippen molar-refractivity contribution in [2.45, 2.75) is 44.6 Å². The Morgan fingerprint density at radius 2 is 2.00 bits per heavy atom. The van der Waals surface area contributed by atoms with Gasteiger partial charge in [-0.1, -0.05) is 6.42 Å². The Kier molecular flexibility index (Phi) is 4.87. The van der Waals surface area contributed by atoms with Gasteiger partial charge in [-0.3, -0.25) is 9.59 Å². The summed E-state index contributed by atoms with van der Waals surface area (Å²) < 4.78 is 0. The van der Waals surface area contributed by atoms with Gasteiger partial charge in [-0.2, -0.15) is 0 Å². The van der Waals surface area contributed by atoms with Crippen LogP contribution in [0.1, 0.15) is 46.7 Å². The number of fused-ring (bicyclic) bond motifs is 3. The lowest BCUT2D eigenvalue weighted by Gasteiger charge is -2.08. The molecule has 2 aromatic rings. The molecule has 4 rings (SSSR count). The number of nitrogens with zero attached hydrogens (tertiary/aromatic N) is 1. The number of amides is 1. The highest BCUT2D eigenvalue weighted by atomic mass is 32.1. The predicted molar refractivity (Wildman–Crippen MR) is 93.7 cm³/mol. The standard InChI is InChI=1S/C10H8N2O3S.C6H12N2O/c13-8-6-4-2-1-3-5(4)16-9(6)12-7(11-8)10(14)15;7-5-3-1-2-4(5)6(8)9/h1-3H2,(H,14,15)(H,11,12,13);4-5H,1-3,7H2,(H2,8,9)/t;4-,5+/m.1/s1. The highest BCUT2D eigenvalue weighted by Gasteiger charge is 2.28. The normalized spacial score (nSPS) is 21.6. The summed E-state index contributed by atoms with van der Waals surface area (Å²) in [5, 5.41) is 9.37. The number of hydrogen-bond acceptors (Lipinski definition) is 6. The smallest absolute Gasteiger partial charge is 0.372 e. The van der Waals surface area contributed by atoms with E-state index in [1.54, 1.807) is 0 Å². The summed E-state index contributed by atoms with van der Waals surface area (Å²) >= 11 is 1.44. The van der Waals surface area contributed by atoms with Gasteiger partial charge in [0.2, 0.25) is 11.7 Å². The number of nitrogens with one attached hydrogen (secondary N) is 1. The van der Waals surface area contributed by atoms with Gasteiger partial charge in [0.1, 0.15) is 4.83 Å². The zero-order valence-electron chi connectivity index (χ0n) is 13.6. The van der Waals surface area contributed by atoms with Crippen LogP contribution in [0.4, 0.5) is 0 Å². The fraction of sp³-hybridized carbons (Fsp3) is 0.500.